The summed E-state index contributed by atoms with van der Waals surface area (Å²) in [5, 5.41) is 9.47. The van der Waals surface area contributed by atoms with Crippen molar-refractivity contribution in [3.8, 4) is 0 Å². The zero-order valence-electron chi connectivity index (χ0n) is 12.9. The second-order valence-electron chi connectivity index (χ2n) is 6.27. The molecule has 1 aromatic rings. The van der Waals surface area contributed by atoms with Crippen LogP contribution in [0, 0.1) is 5.41 Å². The van der Waals surface area contributed by atoms with Gasteiger partial charge in [0.1, 0.15) is 6.10 Å². The molecule has 0 bridgehead atoms. The van der Waals surface area contributed by atoms with Gasteiger partial charge in [-0.25, -0.2) is 0 Å². The molecule has 2 unspecified atom stereocenters. The molecule has 21 heavy (non-hydrogen) atoms. The van der Waals surface area contributed by atoms with Crippen molar-refractivity contribution < 1.29 is 14.6 Å². The summed E-state index contributed by atoms with van der Waals surface area (Å²) in [6.07, 6.45) is 1.45. The molecule has 0 radical (unpaired) electrons. The van der Waals surface area contributed by atoms with Crippen molar-refractivity contribution in [3.05, 3.63) is 35.9 Å². The molecular formula is C17H25NO3. The van der Waals surface area contributed by atoms with E-state index in [4.69, 9.17) is 4.74 Å². The molecule has 116 valence electrons. The maximum atomic E-state index is 12.4. The molecule has 2 atom stereocenters. The highest BCUT2D eigenvalue weighted by Gasteiger charge is 2.34. The molecule has 0 spiro atoms. The topological polar surface area (TPSA) is 49.8 Å². The Balaban J connectivity index is 1.87. The van der Waals surface area contributed by atoms with Crippen LogP contribution in [0.15, 0.2) is 30.3 Å². The highest BCUT2D eigenvalue weighted by atomic mass is 16.5. The van der Waals surface area contributed by atoms with E-state index in [0.29, 0.717) is 13.2 Å². The number of hydrogen-bond acceptors (Lipinski definition) is 3. The van der Waals surface area contributed by atoms with E-state index in [9.17, 15) is 9.90 Å². The van der Waals surface area contributed by atoms with E-state index in [2.05, 4.69) is 0 Å². The number of ether oxygens (including phenoxy) is 1. The quantitative estimate of drug-likeness (QED) is 0.905. The number of hydrogen-bond donors (Lipinski definition) is 1. The van der Waals surface area contributed by atoms with Gasteiger partial charge in [0.05, 0.1) is 13.2 Å². The summed E-state index contributed by atoms with van der Waals surface area (Å²) >= 11 is 0. The van der Waals surface area contributed by atoms with Gasteiger partial charge < -0.3 is 14.7 Å². The Morgan fingerprint density at radius 1 is 1.43 bits per heavy atom. The van der Waals surface area contributed by atoms with E-state index in [1.165, 1.54) is 0 Å². The average Bonchev–Trinajstić information content (AvgIpc) is 2.53. The summed E-state index contributed by atoms with van der Waals surface area (Å²) in [5.41, 5.74) is 0.892. The summed E-state index contributed by atoms with van der Waals surface area (Å²) in [6.45, 7) is 5.77. The third-order valence-corrected chi connectivity index (χ3v) is 4.16. The smallest absolute Gasteiger partial charge is 0.251 e. The number of piperidine rings is 1. The van der Waals surface area contributed by atoms with Gasteiger partial charge in [-0.3, -0.25) is 4.79 Å². The molecule has 0 aromatic heterocycles. The zero-order valence-corrected chi connectivity index (χ0v) is 12.9. The number of aliphatic hydroxyl groups is 1. The second-order valence-corrected chi connectivity index (χ2v) is 6.27. The van der Waals surface area contributed by atoms with E-state index >= 15 is 0 Å². The highest BCUT2D eigenvalue weighted by molar-refractivity contribution is 5.80. The van der Waals surface area contributed by atoms with Crippen molar-refractivity contribution in [1.29, 1.82) is 0 Å². The Hall–Kier alpha value is -1.39. The van der Waals surface area contributed by atoms with E-state index in [-0.39, 0.29) is 17.9 Å². The molecule has 4 heteroatoms. The monoisotopic (exact) mass is 291 g/mol. The molecule has 0 saturated carbocycles. The first-order valence-corrected chi connectivity index (χ1v) is 7.59. The summed E-state index contributed by atoms with van der Waals surface area (Å²) < 4.78 is 5.69. The van der Waals surface area contributed by atoms with Crippen LogP contribution < -0.4 is 0 Å². The number of amides is 1. The Labute approximate surface area is 126 Å². The van der Waals surface area contributed by atoms with Crippen LogP contribution in [-0.4, -0.2) is 41.7 Å². The third-order valence-electron chi connectivity index (χ3n) is 4.16. The summed E-state index contributed by atoms with van der Waals surface area (Å²) in [5.74, 6) is 0.0188. The van der Waals surface area contributed by atoms with E-state index in [1.807, 2.05) is 42.2 Å². The van der Waals surface area contributed by atoms with Gasteiger partial charge in [-0.1, -0.05) is 37.3 Å². The highest BCUT2D eigenvalue weighted by Crippen LogP contribution is 2.29. The van der Waals surface area contributed by atoms with Crippen molar-refractivity contribution in [1.82, 2.24) is 4.90 Å². The lowest BCUT2D eigenvalue weighted by molar-refractivity contribution is -0.147. The van der Waals surface area contributed by atoms with Crippen molar-refractivity contribution in [2.75, 3.05) is 19.7 Å². The van der Waals surface area contributed by atoms with Crippen molar-refractivity contribution in [2.24, 2.45) is 5.41 Å². The molecule has 1 aromatic carbocycles. The summed E-state index contributed by atoms with van der Waals surface area (Å²) in [7, 11) is 0. The zero-order chi connectivity index (χ0) is 15.3. The maximum Gasteiger partial charge on any atom is 0.251 e. The second kappa shape index (κ2) is 7.05. The van der Waals surface area contributed by atoms with Gasteiger partial charge >= 0.3 is 0 Å². The molecule has 1 saturated heterocycles. The van der Waals surface area contributed by atoms with E-state index in [1.54, 1.807) is 6.92 Å². The minimum Gasteiger partial charge on any atom is -0.396 e. The van der Waals surface area contributed by atoms with Gasteiger partial charge in [-0.2, -0.15) is 0 Å². The fourth-order valence-corrected chi connectivity index (χ4v) is 2.76. The molecular weight excluding hydrogens is 266 g/mol. The molecule has 1 heterocycles. The Bertz CT molecular complexity index is 462. The number of benzene rings is 1. The Morgan fingerprint density at radius 3 is 2.81 bits per heavy atom. The van der Waals surface area contributed by atoms with Gasteiger partial charge in [0, 0.05) is 18.5 Å². The number of carbonyl (C=O) groups is 1. The predicted octanol–water partition coefficient (Wildman–Crippen LogP) is 2.21. The van der Waals surface area contributed by atoms with Crippen LogP contribution in [0.25, 0.3) is 0 Å². The maximum absolute atomic E-state index is 12.4. The summed E-state index contributed by atoms with van der Waals surface area (Å²) in [4.78, 5) is 14.3. The van der Waals surface area contributed by atoms with E-state index in [0.717, 1.165) is 24.9 Å². The summed E-state index contributed by atoms with van der Waals surface area (Å²) in [6, 6.07) is 9.86. The Morgan fingerprint density at radius 2 is 2.14 bits per heavy atom. The first-order chi connectivity index (χ1) is 10.0. The molecule has 1 N–H and O–H groups in total. The van der Waals surface area contributed by atoms with Crippen molar-refractivity contribution >= 4 is 5.91 Å². The molecule has 1 amide bonds. The standard InChI is InChI=1S/C17H25NO3/c1-14(21-11-15-7-4-3-5-8-15)16(20)18-10-6-9-17(2,12-18)13-19/h3-5,7-8,14,19H,6,9-13H2,1-2H3. The largest absolute Gasteiger partial charge is 0.396 e. The van der Waals surface area contributed by atoms with E-state index < -0.39 is 6.10 Å². The minimum absolute atomic E-state index is 0.0188. The fourth-order valence-electron chi connectivity index (χ4n) is 2.76. The van der Waals surface area contributed by atoms with Crippen molar-refractivity contribution in [3.63, 3.8) is 0 Å². The van der Waals surface area contributed by atoms with Crippen LogP contribution in [0.3, 0.4) is 0 Å². The molecule has 1 aliphatic rings. The SMILES string of the molecule is CC(OCc1ccccc1)C(=O)N1CCCC(C)(CO)C1. The Kier molecular flexibility index (Phi) is 5.37. The molecule has 4 nitrogen and oxygen atoms in total. The van der Waals surface area contributed by atoms with Crippen LogP contribution in [-0.2, 0) is 16.1 Å². The number of aliphatic hydroxyl groups excluding tert-OH is 1. The number of likely N-dealkylation sites (tertiary alicyclic amines) is 1. The lowest BCUT2D eigenvalue weighted by Gasteiger charge is -2.40. The van der Waals surface area contributed by atoms with Crippen LogP contribution in [0.2, 0.25) is 0 Å². The first kappa shape index (κ1) is 16.0. The predicted molar refractivity (Wildman–Crippen MR) is 81.7 cm³/mol. The minimum atomic E-state index is -0.453. The molecule has 1 aliphatic heterocycles. The number of carbonyl (C=O) groups excluding carboxylic acids is 1. The van der Waals surface area contributed by atoms with Gasteiger partial charge in [-0.15, -0.1) is 0 Å². The van der Waals surface area contributed by atoms with Gasteiger partial charge in [-0.05, 0) is 25.3 Å². The molecule has 1 fully saturated rings. The van der Waals surface area contributed by atoms with Gasteiger partial charge in [0.25, 0.3) is 5.91 Å². The lowest BCUT2D eigenvalue weighted by Crippen LogP contribution is -2.49. The van der Waals surface area contributed by atoms with Crippen LogP contribution in [0.4, 0.5) is 0 Å². The third kappa shape index (κ3) is 4.29. The van der Waals surface area contributed by atoms with Gasteiger partial charge in [0.2, 0.25) is 0 Å². The van der Waals surface area contributed by atoms with Crippen LogP contribution in [0.1, 0.15) is 32.3 Å². The van der Waals surface area contributed by atoms with Crippen LogP contribution in [0.5, 0.6) is 0 Å². The van der Waals surface area contributed by atoms with Gasteiger partial charge in [0.15, 0.2) is 0 Å². The normalized spacial score (nSPS) is 23.9. The van der Waals surface area contributed by atoms with Crippen LogP contribution >= 0.6 is 0 Å². The fraction of sp³-hybridized carbons (Fsp3) is 0.588. The average molecular weight is 291 g/mol. The number of nitrogens with zero attached hydrogens (tertiary/aromatic N) is 1. The van der Waals surface area contributed by atoms with Crippen molar-refractivity contribution in [2.45, 2.75) is 39.4 Å². The molecule has 2 rings (SSSR count). The lowest BCUT2D eigenvalue weighted by atomic mass is 9.82. The number of rotatable bonds is 5. The first-order valence-electron chi connectivity index (χ1n) is 7.59. The molecule has 0 aliphatic carbocycles.